The van der Waals surface area contributed by atoms with Gasteiger partial charge in [-0.1, -0.05) is 23.7 Å². The van der Waals surface area contributed by atoms with Crippen molar-refractivity contribution in [1.29, 1.82) is 0 Å². The number of rotatable bonds is 4. The Balaban J connectivity index is 1.48. The summed E-state index contributed by atoms with van der Waals surface area (Å²) < 4.78 is 22.3. The summed E-state index contributed by atoms with van der Waals surface area (Å²) in [6.07, 6.45) is 0.799. The summed E-state index contributed by atoms with van der Waals surface area (Å²) in [5.74, 6) is 0.766. The highest BCUT2D eigenvalue weighted by Gasteiger charge is 2.20. The van der Waals surface area contributed by atoms with Crippen molar-refractivity contribution < 1.29 is 23.7 Å². The number of para-hydroxylation sites is 1. The monoisotopic (exact) mass is 403 g/mol. The second-order valence-electron chi connectivity index (χ2n) is 6.65. The molecular formula is C21H22ClNO5. The first-order chi connectivity index (χ1) is 13.7. The van der Waals surface area contributed by atoms with Gasteiger partial charge in [-0.3, -0.25) is 0 Å². The highest BCUT2D eigenvalue weighted by atomic mass is 35.5. The van der Waals surface area contributed by atoms with Gasteiger partial charge in [-0.05, 0) is 29.8 Å². The van der Waals surface area contributed by atoms with E-state index in [-0.39, 0.29) is 12.6 Å². The molecule has 0 saturated carbocycles. The number of halogens is 1. The van der Waals surface area contributed by atoms with Crippen LogP contribution in [0.1, 0.15) is 22.3 Å². The second-order valence-corrected chi connectivity index (χ2v) is 7.06. The lowest BCUT2D eigenvalue weighted by atomic mass is 10.1. The van der Waals surface area contributed by atoms with Crippen molar-refractivity contribution in [2.45, 2.75) is 13.0 Å². The van der Waals surface area contributed by atoms with Crippen LogP contribution in [-0.4, -0.2) is 45.5 Å². The normalized spacial score (nSPS) is 16.4. The summed E-state index contributed by atoms with van der Waals surface area (Å²) in [4.78, 5) is 14.9. The standard InChI is InChI=1S/C21H22ClNO5/c22-17-12-15(13-19-20(17)27-9-3-8-26-19)14-28-21(24)16-4-1-2-5-18(16)23-6-10-25-11-7-23/h1-2,4-5,12-13H,3,6-11,14H2. The van der Waals surface area contributed by atoms with Crippen LogP contribution in [0.2, 0.25) is 5.02 Å². The number of hydrogen-bond donors (Lipinski definition) is 0. The molecular weight excluding hydrogens is 382 g/mol. The van der Waals surface area contributed by atoms with Crippen molar-refractivity contribution in [3.8, 4) is 11.5 Å². The Labute approximate surface area is 168 Å². The molecule has 2 aliphatic heterocycles. The predicted molar refractivity (Wildman–Crippen MR) is 106 cm³/mol. The van der Waals surface area contributed by atoms with Crippen LogP contribution in [0.15, 0.2) is 36.4 Å². The highest BCUT2D eigenvalue weighted by molar-refractivity contribution is 6.32. The van der Waals surface area contributed by atoms with Gasteiger partial charge in [-0.2, -0.15) is 0 Å². The Morgan fingerprint density at radius 1 is 1.07 bits per heavy atom. The quantitative estimate of drug-likeness (QED) is 0.725. The minimum absolute atomic E-state index is 0.104. The predicted octanol–water partition coefficient (Wildman–Crippen LogP) is 3.69. The molecule has 0 amide bonds. The lowest BCUT2D eigenvalue weighted by Crippen LogP contribution is -2.37. The van der Waals surface area contributed by atoms with E-state index in [1.54, 1.807) is 12.1 Å². The molecule has 0 atom stereocenters. The molecule has 2 heterocycles. The molecule has 2 aliphatic rings. The lowest BCUT2D eigenvalue weighted by molar-refractivity contribution is 0.0472. The number of morpholine rings is 1. The molecule has 0 bridgehead atoms. The SMILES string of the molecule is O=C(OCc1cc(Cl)c2c(c1)OCCCO2)c1ccccc1N1CCOCC1. The third-order valence-electron chi connectivity index (χ3n) is 4.71. The van der Waals surface area contributed by atoms with Crippen LogP contribution < -0.4 is 14.4 Å². The van der Waals surface area contributed by atoms with Gasteiger partial charge in [0.25, 0.3) is 0 Å². The minimum atomic E-state index is -0.370. The Kier molecular flexibility index (Phi) is 5.88. The Hall–Kier alpha value is -2.44. The van der Waals surface area contributed by atoms with Crippen molar-refractivity contribution in [3.05, 3.63) is 52.5 Å². The number of ether oxygens (including phenoxy) is 4. The maximum atomic E-state index is 12.7. The zero-order chi connectivity index (χ0) is 19.3. The maximum Gasteiger partial charge on any atom is 0.340 e. The molecule has 0 aliphatic carbocycles. The second kappa shape index (κ2) is 8.71. The van der Waals surface area contributed by atoms with Crippen molar-refractivity contribution in [2.75, 3.05) is 44.4 Å². The molecule has 0 radical (unpaired) electrons. The van der Waals surface area contributed by atoms with E-state index in [0.717, 1.165) is 30.8 Å². The van der Waals surface area contributed by atoms with Crippen molar-refractivity contribution in [1.82, 2.24) is 0 Å². The summed E-state index contributed by atoms with van der Waals surface area (Å²) in [5.41, 5.74) is 2.17. The molecule has 148 valence electrons. The first-order valence-corrected chi connectivity index (χ1v) is 9.77. The molecule has 6 nitrogen and oxygen atoms in total. The number of fused-ring (bicyclic) bond motifs is 1. The van der Waals surface area contributed by atoms with E-state index in [9.17, 15) is 4.79 Å². The van der Waals surface area contributed by atoms with Crippen LogP contribution in [0.4, 0.5) is 5.69 Å². The third-order valence-corrected chi connectivity index (χ3v) is 4.99. The first-order valence-electron chi connectivity index (χ1n) is 9.39. The maximum absolute atomic E-state index is 12.7. The zero-order valence-electron chi connectivity index (χ0n) is 15.5. The van der Waals surface area contributed by atoms with Gasteiger partial charge in [0.2, 0.25) is 0 Å². The van der Waals surface area contributed by atoms with E-state index in [0.29, 0.717) is 48.5 Å². The largest absolute Gasteiger partial charge is 0.489 e. The molecule has 4 rings (SSSR count). The fraction of sp³-hybridized carbons (Fsp3) is 0.381. The topological polar surface area (TPSA) is 57.2 Å². The smallest absolute Gasteiger partial charge is 0.340 e. The Bertz CT molecular complexity index is 851. The number of hydrogen-bond acceptors (Lipinski definition) is 6. The van der Waals surface area contributed by atoms with Crippen LogP contribution in [-0.2, 0) is 16.1 Å². The van der Waals surface area contributed by atoms with Gasteiger partial charge in [-0.25, -0.2) is 4.79 Å². The van der Waals surface area contributed by atoms with E-state index in [4.69, 9.17) is 30.5 Å². The molecule has 0 aromatic heterocycles. The van der Waals surface area contributed by atoms with Gasteiger partial charge in [0, 0.05) is 19.5 Å². The van der Waals surface area contributed by atoms with E-state index >= 15 is 0 Å². The molecule has 2 aromatic rings. The van der Waals surface area contributed by atoms with E-state index in [2.05, 4.69) is 4.90 Å². The van der Waals surface area contributed by atoms with E-state index in [1.165, 1.54) is 0 Å². The fourth-order valence-corrected chi connectivity index (χ4v) is 3.61. The number of nitrogens with zero attached hydrogens (tertiary/aromatic N) is 1. The summed E-state index contributed by atoms with van der Waals surface area (Å²) in [6.45, 7) is 4.05. The average molecular weight is 404 g/mol. The molecule has 2 aromatic carbocycles. The van der Waals surface area contributed by atoms with Crippen LogP contribution in [0, 0.1) is 0 Å². The number of benzene rings is 2. The van der Waals surface area contributed by atoms with Crippen LogP contribution >= 0.6 is 11.6 Å². The Morgan fingerprint density at radius 2 is 1.86 bits per heavy atom. The van der Waals surface area contributed by atoms with Gasteiger partial charge in [-0.15, -0.1) is 0 Å². The molecule has 1 fully saturated rings. The van der Waals surface area contributed by atoms with Gasteiger partial charge in [0.1, 0.15) is 6.61 Å². The van der Waals surface area contributed by atoms with E-state index < -0.39 is 0 Å². The van der Waals surface area contributed by atoms with Crippen LogP contribution in [0.5, 0.6) is 11.5 Å². The molecule has 0 N–H and O–H groups in total. The summed E-state index contributed by atoms with van der Waals surface area (Å²) in [7, 11) is 0. The van der Waals surface area contributed by atoms with Gasteiger partial charge >= 0.3 is 5.97 Å². The fourth-order valence-electron chi connectivity index (χ4n) is 3.32. The molecule has 28 heavy (non-hydrogen) atoms. The van der Waals surface area contributed by atoms with Crippen molar-refractivity contribution in [3.63, 3.8) is 0 Å². The number of anilines is 1. The van der Waals surface area contributed by atoms with Gasteiger partial charge in [0.05, 0.1) is 42.7 Å². The lowest BCUT2D eigenvalue weighted by Gasteiger charge is -2.30. The molecule has 0 spiro atoms. The Morgan fingerprint density at radius 3 is 2.71 bits per heavy atom. The third kappa shape index (κ3) is 4.18. The average Bonchev–Trinajstić information content (AvgIpc) is 2.98. The minimum Gasteiger partial charge on any atom is -0.489 e. The molecule has 7 heteroatoms. The van der Waals surface area contributed by atoms with Crippen LogP contribution in [0.3, 0.4) is 0 Å². The molecule has 1 saturated heterocycles. The zero-order valence-corrected chi connectivity index (χ0v) is 16.2. The van der Waals surface area contributed by atoms with E-state index in [1.807, 2.05) is 24.3 Å². The number of esters is 1. The summed E-state index contributed by atoms with van der Waals surface area (Å²) in [6, 6.07) is 11.0. The van der Waals surface area contributed by atoms with Crippen molar-refractivity contribution in [2.24, 2.45) is 0 Å². The number of carbonyl (C=O) groups excluding carboxylic acids is 1. The number of carbonyl (C=O) groups is 1. The highest BCUT2D eigenvalue weighted by Crippen LogP contribution is 2.38. The van der Waals surface area contributed by atoms with Gasteiger partial charge in [0.15, 0.2) is 11.5 Å². The van der Waals surface area contributed by atoms with Crippen LogP contribution in [0.25, 0.3) is 0 Å². The van der Waals surface area contributed by atoms with Gasteiger partial charge < -0.3 is 23.8 Å². The first kappa shape index (κ1) is 18.9. The summed E-state index contributed by atoms with van der Waals surface area (Å²) in [5, 5.41) is 0.458. The van der Waals surface area contributed by atoms with Crippen molar-refractivity contribution >= 4 is 23.3 Å². The summed E-state index contributed by atoms with van der Waals surface area (Å²) >= 11 is 6.31. The molecule has 0 unspecified atom stereocenters.